The summed E-state index contributed by atoms with van der Waals surface area (Å²) in [5, 5.41) is 10.3. The molecule has 1 fully saturated rings. The van der Waals surface area contributed by atoms with Crippen LogP contribution in [0.15, 0.2) is 54.6 Å². The fourth-order valence-corrected chi connectivity index (χ4v) is 2.91. The molecular formula is C20H23NO3. The van der Waals surface area contributed by atoms with E-state index >= 15 is 0 Å². The zero-order valence-corrected chi connectivity index (χ0v) is 13.7. The lowest BCUT2D eigenvalue weighted by Crippen LogP contribution is -2.28. The van der Waals surface area contributed by atoms with E-state index in [4.69, 9.17) is 4.74 Å². The topological polar surface area (TPSA) is 49.8 Å². The van der Waals surface area contributed by atoms with E-state index in [1.165, 1.54) is 0 Å². The number of hydrogen-bond acceptors (Lipinski definition) is 3. The number of carbonyl (C=O) groups excluding carboxylic acids is 1. The third kappa shape index (κ3) is 4.36. The molecule has 1 aliphatic rings. The highest BCUT2D eigenvalue weighted by Crippen LogP contribution is 2.22. The average molecular weight is 325 g/mol. The van der Waals surface area contributed by atoms with Crippen LogP contribution in [0.2, 0.25) is 0 Å². The first-order valence-electron chi connectivity index (χ1n) is 8.45. The van der Waals surface area contributed by atoms with Gasteiger partial charge in [0.1, 0.15) is 12.4 Å². The monoisotopic (exact) mass is 325 g/mol. The van der Waals surface area contributed by atoms with Gasteiger partial charge in [0, 0.05) is 13.1 Å². The molecule has 1 saturated heterocycles. The minimum atomic E-state index is -0.763. The highest BCUT2D eigenvalue weighted by atomic mass is 16.5. The molecule has 0 aliphatic carbocycles. The van der Waals surface area contributed by atoms with Crippen LogP contribution in [-0.2, 0) is 11.4 Å². The number of benzene rings is 2. The second-order valence-corrected chi connectivity index (χ2v) is 6.15. The highest BCUT2D eigenvalue weighted by Gasteiger charge is 2.21. The minimum absolute atomic E-state index is 0.0319. The van der Waals surface area contributed by atoms with Crippen molar-refractivity contribution in [1.29, 1.82) is 0 Å². The molecule has 1 atom stereocenters. The predicted octanol–water partition coefficient (Wildman–Crippen LogP) is 3.31. The van der Waals surface area contributed by atoms with E-state index in [1.54, 1.807) is 0 Å². The lowest BCUT2D eigenvalue weighted by Gasteiger charge is -2.18. The Balaban J connectivity index is 1.52. The fraction of sp³-hybridized carbons (Fsp3) is 0.350. The summed E-state index contributed by atoms with van der Waals surface area (Å²) in [7, 11) is 0. The normalized spacial score (nSPS) is 15.3. The Morgan fingerprint density at radius 2 is 1.71 bits per heavy atom. The summed E-state index contributed by atoms with van der Waals surface area (Å²) >= 11 is 0. The molecule has 1 heterocycles. The van der Waals surface area contributed by atoms with Crippen molar-refractivity contribution in [2.75, 3.05) is 13.1 Å². The molecular weight excluding hydrogens is 302 g/mol. The summed E-state index contributed by atoms with van der Waals surface area (Å²) in [6.07, 6.45) is 1.51. The number of nitrogens with zero attached hydrogens (tertiary/aromatic N) is 1. The molecule has 0 bridgehead atoms. The molecule has 4 nitrogen and oxygen atoms in total. The minimum Gasteiger partial charge on any atom is -0.489 e. The number of aliphatic hydroxyl groups excluding tert-OH is 1. The zero-order valence-electron chi connectivity index (χ0n) is 13.7. The maximum Gasteiger partial charge on any atom is 0.225 e. The smallest absolute Gasteiger partial charge is 0.225 e. The van der Waals surface area contributed by atoms with Gasteiger partial charge >= 0.3 is 0 Å². The van der Waals surface area contributed by atoms with Crippen molar-refractivity contribution >= 4 is 5.91 Å². The molecule has 24 heavy (non-hydrogen) atoms. The van der Waals surface area contributed by atoms with E-state index in [2.05, 4.69) is 0 Å². The van der Waals surface area contributed by atoms with E-state index in [9.17, 15) is 9.90 Å². The molecule has 126 valence electrons. The zero-order chi connectivity index (χ0) is 16.8. The van der Waals surface area contributed by atoms with Gasteiger partial charge in [0.2, 0.25) is 5.91 Å². The first-order valence-corrected chi connectivity index (χ1v) is 8.45. The third-order valence-corrected chi connectivity index (χ3v) is 4.34. The van der Waals surface area contributed by atoms with Crippen LogP contribution in [0, 0.1) is 0 Å². The summed E-state index contributed by atoms with van der Waals surface area (Å²) in [5.74, 6) is 0.782. The van der Waals surface area contributed by atoms with Crippen LogP contribution in [0.3, 0.4) is 0 Å². The maximum atomic E-state index is 12.1. The van der Waals surface area contributed by atoms with Crippen LogP contribution in [-0.4, -0.2) is 29.0 Å². The van der Waals surface area contributed by atoms with Crippen LogP contribution in [0.25, 0.3) is 0 Å². The molecule has 0 spiro atoms. The first-order chi connectivity index (χ1) is 11.7. The van der Waals surface area contributed by atoms with E-state index in [0.29, 0.717) is 6.61 Å². The van der Waals surface area contributed by atoms with Crippen LogP contribution in [0.5, 0.6) is 5.75 Å². The average Bonchev–Trinajstić information content (AvgIpc) is 3.16. The lowest BCUT2D eigenvalue weighted by molar-refractivity contribution is -0.132. The Bertz CT molecular complexity index is 648. The maximum absolute atomic E-state index is 12.1. The van der Waals surface area contributed by atoms with Gasteiger partial charge < -0.3 is 14.7 Å². The second-order valence-electron chi connectivity index (χ2n) is 6.15. The summed E-state index contributed by atoms with van der Waals surface area (Å²) in [5.41, 5.74) is 1.85. The number of hydrogen-bond donors (Lipinski definition) is 1. The molecule has 2 aromatic carbocycles. The van der Waals surface area contributed by atoms with Gasteiger partial charge in [-0.25, -0.2) is 0 Å². The molecule has 1 amide bonds. The molecule has 0 aromatic heterocycles. The summed E-state index contributed by atoms with van der Waals surface area (Å²) in [6.45, 7) is 2.14. The number of likely N-dealkylation sites (tertiary alicyclic amines) is 1. The second kappa shape index (κ2) is 7.97. The quantitative estimate of drug-likeness (QED) is 0.886. The largest absolute Gasteiger partial charge is 0.489 e. The van der Waals surface area contributed by atoms with Crippen LogP contribution < -0.4 is 4.74 Å². The Morgan fingerprint density at radius 3 is 2.38 bits per heavy atom. The van der Waals surface area contributed by atoms with Crippen molar-refractivity contribution in [3.63, 3.8) is 0 Å². The number of amides is 1. The van der Waals surface area contributed by atoms with Crippen molar-refractivity contribution in [2.24, 2.45) is 0 Å². The third-order valence-electron chi connectivity index (χ3n) is 4.34. The van der Waals surface area contributed by atoms with Crippen LogP contribution >= 0.6 is 0 Å². The van der Waals surface area contributed by atoms with E-state index < -0.39 is 6.10 Å². The Kier molecular flexibility index (Phi) is 5.49. The van der Waals surface area contributed by atoms with Gasteiger partial charge in [0.25, 0.3) is 0 Å². The van der Waals surface area contributed by atoms with Gasteiger partial charge in [-0.15, -0.1) is 0 Å². The number of ether oxygens (including phenoxy) is 1. The fourth-order valence-electron chi connectivity index (χ4n) is 2.91. The predicted molar refractivity (Wildman–Crippen MR) is 92.6 cm³/mol. The molecule has 4 heteroatoms. The number of carbonyl (C=O) groups is 1. The van der Waals surface area contributed by atoms with Gasteiger partial charge in [-0.05, 0) is 36.1 Å². The van der Waals surface area contributed by atoms with E-state index in [0.717, 1.165) is 42.8 Å². The first kappa shape index (κ1) is 16.5. The summed E-state index contributed by atoms with van der Waals surface area (Å²) in [6, 6.07) is 17.3. The highest BCUT2D eigenvalue weighted by molar-refractivity contribution is 5.77. The molecule has 3 rings (SSSR count). The summed E-state index contributed by atoms with van der Waals surface area (Å²) in [4.78, 5) is 13.9. The Hall–Kier alpha value is -2.33. The number of rotatable bonds is 6. The number of aliphatic hydroxyl groups is 1. The van der Waals surface area contributed by atoms with Gasteiger partial charge in [0.05, 0.1) is 12.5 Å². The van der Waals surface area contributed by atoms with Crippen molar-refractivity contribution in [2.45, 2.75) is 32.0 Å². The SMILES string of the molecule is O=C(C[C@H](O)c1ccc(OCc2ccccc2)cc1)N1CCCC1. The Labute approximate surface area is 142 Å². The standard InChI is InChI=1S/C20H23NO3/c22-19(14-20(23)21-12-4-5-13-21)17-8-10-18(11-9-17)24-15-16-6-2-1-3-7-16/h1-3,6-11,19,22H,4-5,12-15H2/t19-/m0/s1. The van der Waals surface area contributed by atoms with Gasteiger partial charge in [0.15, 0.2) is 0 Å². The van der Waals surface area contributed by atoms with Crippen molar-refractivity contribution in [3.8, 4) is 5.75 Å². The van der Waals surface area contributed by atoms with Crippen molar-refractivity contribution < 1.29 is 14.6 Å². The Morgan fingerprint density at radius 1 is 1.04 bits per heavy atom. The molecule has 0 unspecified atom stereocenters. The van der Waals surface area contributed by atoms with E-state index in [1.807, 2.05) is 59.5 Å². The van der Waals surface area contributed by atoms with Crippen molar-refractivity contribution in [1.82, 2.24) is 4.90 Å². The molecule has 0 saturated carbocycles. The summed E-state index contributed by atoms with van der Waals surface area (Å²) < 4.78 is 5.73. The van der Waals surface area contributed by atoms with E-state index in [-0.39, 0.29) is 12.3 Å². The molecule has 0 radical (unpaired) electrons. The lowest BCUT2D eigenvalue weighted by atomic mass is 10.1. The molecule has 2 aromatic rings. The molecule has 1 aliphatic heterocycles. The van der Waals surface area contributed by atoms with Crippen LogP contribution in [0.4, 0.5) is 0 Å². The van der Waals surface area contributed by atoms with Gasteiger partial charge in [-0.1, -0.05) is 42.5 Å². The van der Waals surface area contributed by atoms with Gasteiger partial charge in [-0.2, -0.15) is 0 Å². The van der Waals surface area contributed by atoms with Crippen LogP contribution in [0.1, 0.15) is 36.5 Å². The molecule has 1 N–H and O–H groups in total. The van der Waals surface area contributed by atoms with Gasteiger partial charge in [-0.3, -0.25) is 4.79 Å². The van der Waals surface area contributed by atoms with Crippen molar-refractivity contribution in [3.05, 3.63) is 65.7 Å².